The number of halogens is 1. The third kappa shape index (κ3) is 3.95. The molecule has 0 fully saturated rings. The van der Waals surface area contributed by atoms with Crippen LogP contribution in [0.15, 0.2) is 23.1 Å². The highest BCUT2D eigenvalue weighted by molar-refractivity contribution is 7.89. The number of hydrogen-bond acceptors (Lipinski definition) is 4. The van der Waals surface area contributed by atoms with Crippen molar-refractivity contribution in [3.8, 4) is 6.07 Å². The van der Waals surface area contributed by atoms with Gasteiger partial charge in [0.15, 0.2) is 0 Å². The van der Waals surface area contributed by atoms with Gasteiger partial charge in [-0.05, 0) is 31.0 Å². The smallest absolute Gasteiger partial charge is 0.243 e. The van der Waals surface area contributed by atoms with Crippen LogP contribution in [0.5, 0.6) is 0 Å². The summed E-state index contributed by atoms with van der Waals surface area (Å²) in [6, 6.07) is 5.74. The molecule has 0 saturated carbocycles. The second-order valence-corrected chi connectivity index (χ2v) is 6.86. The van der Waals surface area contributed by atoms with Crippen LogP contribution in [-0.4, -0.2) is 37.0 Å². The average molecular weight is 331 g/mol. The highest BCUT2D eigenvalue weighted by Crippen LogP contribution is 2.25. The SMILES string of the molecule is CCC(CC)N(CCO)S(=O)(=O)c1ccc(C#N)c(Cl)c1. The standard InChI is InChI=1S/C14H19ClN2O3S/c1-3-12(4-2)17(7-8-18)21(19,20)13-6-5-11(10-16)14(15)9-13/h5-6,9,12,18H,3-4,7-8H2,1-2H3. The van der Waals surface area contributed by atoms with E-state index in [1.165, 1.54) is 22.5 Å². The van der Waals surface area contributed by atoms with Crippen molar-refractivity contribution in [2.45, 2.75) is 37.6 Å². The first-order valence-electron chi connectivity index (χ1n) is 6.74. The van der Waals surface area contributed by atoms with Crippen LogP contribution in [0, 0.1) is 11.3 Å². The molecule has 0 amide bonds. The summed E-state index contributed by atoms with van der Waals surface area (Å²) in [6.07, 6.45) is 1.31. The van der Waals surface area contributed by atoms with E-state index in [9.17, 15) is 8.42 Å². The maximum atomic E-state index is 12.7. The van der Waals surface area contributed by atoms with Gasteiger partial charge in [-0.15, -0.1) is 0 Å². The maximum absolute atomic E-state index is 12.7. The van der Waals surface area contributed by atoms with Crippen molar-refractivity contribution in [2.75, 3.05) is 13.2 Å². The average Bonchev–Trinajstić information content (AvgIpc) is 2.47. The normalized spacial score (nSPS) is 11.9. The molecule has 1 aromatic rings. The Hall–Kier alpha value is -1.13. The monoisotopic (exact) mass is 330 g/mol. The van der Waals surface area contributed by atoms with Crippen LogP contribution in [0.1, 0.15) is 32.3 Å². The van der Waals surface area contributed by atoms with Gasteiger partial charge < -0.3 is 5.11 Å². The lowest BCUT2D eigenvalue weighted by Crippen LogP contribution is -2.41. The first-order valence-corrected chi connectivity index (χ1v) is 8.56. The molecule has 21 heavy (non-hydrogen) atoms. The van der Waals surface area contributed by atoms with E-state index in [4.69, 9.17) is 22.0 Å². The van der Waals surface area contributed by atoms with Crippen molar-refractivity contribution in [1.82, 2.24) is 4.31 Å². The predicted octanol–water partition coefficient (Wildman–Crippen LogP) is 2.38. The lowest BCUT2D eigenvalue weighted by Gasteiger charge is -2.29. The molecule has 1 N–H and O–H groups in total. The minimum Gasteiger partial charge on any atom is -0.395 e. The molecule has 1 aromatic carbocycles. The Kier molecular flexibility index (Phi) is 6.62. The van der Waals surface area contributed by atoms with Crippen molar-refractivity contribution >= 4 is 21.6 Å². The first-order chi connectivity index (χ1) is 9.92. The van der Waals surface area contributed by atoms with Gasteiger partial charge in [0.25, 0.3) is 0 Å². The third-order valence-electron chi connectivity index (χ3n) is 3.34. The lowest BCUT2D eigenvalue weighted by molar-refractivity contribution is 0.219. The number of hydrogen-bond donors (Lipinski definition) is 1. The number of aliphatic hydroxyl groups is 1. The molecule has 0 unspecified atom stereocenters. The zero-order valence-electron chi connectivity index (χ0n) is 12.1. The van der Waals surface area contributed by atoms with Gasteiger partial charge in [-0.25, -0.2) is 8.42 Å². The van der Waals surface area contributed by atoms with E-state index < -0.39 is 10.0 Å². The van der Waals surface area contributed by atoms with Gasteiger partial charge in [-0.2, -0.15) is 9.57 Å². The Labute approximate surface area is 130 Å². The van der Waals surface area contributed by atoms with Gasteiger partial charge >= 0.3 is 0 Å². The number of nitrogens with zero attached hydrogens (tertiary/aromatic N) is 2. The summed E-state index contributed by atoms with van der Waals surface area (Å²) < 4.78 is 26.7. The quantitative estimate of drug-likeness (QED) is 0.832. The Bertz CT molecular complexity index is 622. The van der Waals surface area contributed by atoms with E-state index in [-0.39, 0.29) is 34.7 Å². The molecule has 0 aromatic heterocycles. The summed E-state index contributed by atoms with van der Waals surface area (Å²) in [5, 5.41) is 18.1. The van der Waals surface area contributed by atoms with Gasteiger partial charge in [0, 0.05) is 12.6 Å². The van der Waals surface area contributed by atoms with Gasteiger partial charge in [-0.1, -0.05) is 25.4 Å². The van der Waals surface area contributed by atoms with Crippen molar-refractivity contribution < 1.29 is 13.5 Å². The van der Waals surface area contributed by atoms with E-state index >= 15 is 0 Å². The van der Waals surface area contributed by atoms with E-state index in [1.54, 1.807) is 0 Å². The van der Waals surface area contributed by atoms with Crippen molar-refractivity contribution in [3.63, 3.8) is 0 Å². The van der Waals surface area contributed by atoms with Crippen LogP contribution < -0.4 is 0 Å². The molecule has 0 aliphatic carbocycles. The van der Waals surface area contributed by atoms with Crippen LogP contribution in [-0.2, 0) is 10.0 Å². The van der Waals surface area contributed by atoms with Crippen LogP contribution >= 0.6 is 11.6 Å². The first kappa shape index (κ1) is 17.9. The number of rotatable bonds is 7. The van der Waals surface area contributed by atoms with Gasteiger partial charge in [-0.3, -0.25) is 0 Å². The fraction of sp³-hybridized carbons (Fsp3) is 0.500. The molecule has 0 heterocycles. The molecular formula is C14H19ClN2O3S. The largest absolute Gasteiger partial charge is 0.395 e. The van der Waals surface area contributed by atoms with Crippen molar-refractivity contribution in [3.05, 3.63) is 28.8 Å². The molecule has 0 saturated heterocycles. The molecule has 0 radical (unpaired) electrons. The minimum absolute atomic E-state index is 0.0340. The fourth-order valence-corrected chi connectivity index (χ4v) is 4.25. The predicted molar refractivity (Wildman–Crippen MR) is 81.5 cm³/mol. The zero-order chi connectivity index (χ0) is 16.0. The summed E-state index contributed by atoms with van der Waals surface area (Å²) in [6.45, 7) is 3.59. The van der Waals surface area contributed by atoms with Gasteiger partial charge in [0.2, 0.25) is 10.0 Å². The molecule has 1 rings (SSSR count). The van der Waals surface area contributed by atoms with E-state index in [1.807, 2.05) is 19.9 Å². The van der Waals surface area contributed by atoms with Crippen molar-refractivity contribution in [2.24, 2.45) is 0 Å². The number of aliphatic hydroxyl groups excluding tert-OH is 1. The highest BCUT2D eigenvalue weighted by atomic mass is 35.5. The number of sulfonamides is 1. The lowest BCUT2D eigenvalue weighted by atomic mass is 10.2. The van der Waals surface area contributed by atoms with Crippen molar-refractivity contribution in [1.29, 1.82) is 5.26 Å². The molecule has 0 atom stereocenters. The van der Waals surface area contributed by atoms with Gasteiger partial charge in [0.05, 0.1) is 22.1 Å². The summed E-state index contributed by atoms with van der Waals surface area (Å²) in [7, 11) is -3.75. The summed E-state index contributed by atoms with van der Waals surface area (Å²) in [4.78, 5) is 0.0341. The van der Waals surface area contributed by atoms with E-state index in [0.29, 0.717) is 12.8 Å². The molecule has 0 spiro atoms. The Morgan fingerprint density at radius 1 is 1.38 bits per heavy atom. The van der Waals surface area contributed by atoms with Crippen LogP contribution in [0.4, 0.5) is 0 Å². The molecule has 116 valence electrons. The van der Waals surface area contributed by atoms with Crippen LogP contribution in [0.2, 0.25) is 5.02 Å². The molecular weight excluding hydrogens is 312 g/mol. The molecule has 0 aliphatic rings. The molecule has 7 heteroatoms. The summed E-state index contributed by atoms with van der Waals surface area (Å²) >= 11 is 5.91. The summed E-state index contributed by atoms with van der Waals surface area (Å²) in [5.41, 5.74) is 0.229. The zero-order valence-corrected chi connectivity index (χ0v) is 13.7. The van der Waals surface area contributed by atoms with E-state index in [2.05, 4.69) is 0 Å². The molecule has 5 nitrogen and oxygen atoms in total. The Morgan fingerprint density at radius 2 is 2.00 bits per heavy atom. The summed E-state index contributed by atoms with van der Waals surface area (Å²) in [5.74, 6) is 0. The van der Waals surface area contributed by atoms with E-state index in [0.717, 1.165) is 0 Å². The number of nitriles is 1. The Balaban J connectivity index is 3.29. The highest BCUT2D eigenvalue weighted by Gasteiger charge is 2.29. The molecule has 0 aliphatic heterocycles. The molecule has 0 bridgehead atoms. The van der Waals surface area contributed by atoms with Gasteiger partial charge in [0.1, 0.15) is 6.07 Å². The second kappa shape index (κ2) is 7.76. The van der Waals surface area contributed by atoms with Crippen LogP contribution in [0.3, 0.4) is 0 Å². The van der Waals surface area contributed by atoms with Crippen LogP contribution in [0.25, 0.3) is 0 Å². The minimum atomic E-state index is -3.75. The number of benzene rings is 1. The Morgan fingerprint density at radius 3 is 2.43 bits per heavy atom. The topological polar surface area (TPSA) is 81.4 Å². The third-order valence-corrected chi connectivity index (χ3v) is 5.60. The maximum Gasteiger partial charge on any atom is 0.243 e. The fourth-order valence-electron chi connectivity index (χ4n) is 2.18. The second-order valence-electron chi connectivity index (χ2n) is 4.56.